The number of hydrogen-bond donors (Lipinski definition) is 4. The highest BCUT2D eigenvalue weighted by molar-refractivity contribution is 4.71. The van der Waals surface area contributed by atoms with Crippen LogP contribution in [0.15, 0.2) is 0 Å². The van der Waals surface area contributed by atoms with E-state index in [0.29, 0.717) is 6.42 Å². The predicted octanol–water partition coefficient (Wildman–Crippen LogP) is -0.308. The number of rotatable bonds is 4. The van der Waals surface area contributed by atoms with Crippen molar-refractivity contribution < 1.29 is 15.4 Å². The lowest BCUT2D eigenvalue weighted by Gasteiger charge is -2.27. The van der Waals surface area contributed by atoms with Crippen molar-refractivity contribution >= 4 is 0 Å². The molecular formula is C6H15NO3. The molecule has 0 bridgehead atoms. The Bertz CT molecular complexity index is 95.0. The van der Waals surface area contributed by atoms with Crippen LogP contribution in [-0.2, 0) is 0 Å². The van der Waals surface area contributed by atoms with E-state index in [1.165, 1.54) is 6.92 Å². The first kappa shape index (κ1) is 9.84. The summed E-state index contributed by atoms with van der Waals surface area (Å²) in [4.78, 5) is 0. The molecule has 0 aliphatic rings. The molecule has 0 aliphatic carbocycles. The lowest BCUT2D eigenvalue weighted by molar-refractivity contribution is -0.117. The third-order valence-corrected chi connectivity index (χ3v) is 1.75. The molecule has 4 heteroatoms. The summed E-state index contributed by atoms with van der Waals surface area (Å²) < 4.78 is 0. The maximum atomic E-state index is 9.25. The molecule has 0 heterocycles. The Kier molecular flexibility index (Phi) is 3.81. The van der Waals surface area contributed by atoms with Crippen LogP contribution in [0.25, 0.3) is 0 Å². The maximum Gasteiger partial charge on any atom is 0.137 e. The molecule has 2 unspecified atom stereocenters. The molecule has 0 rings (SSSR count). The molecule has 10 heavy (non-hydrogen) atoms. The summed E-state index contributed by atoms with van der Waals surface area (Å²) in [5.74, 6) is -0.178. The van der Waals surface area contributed by atoms with E-state index in [1.807, 2.05) is 0 Å². The lowest BCUT2D eigenvalue weighted by atomic mass is 9.97. The van der Waals surface area contributed by atoms with Gasteiger partial charge in [-0.1, -0.05) is 6.92 Å². The standard InChI is InChI=1S/C6H15NO3/c1-5(3-4-8)6(2,9)7-10/h5,7-10H,3-4H2,1-2H3. The minimum absolute atomic E-state index is 0.0129. The first-order valence-corrected chi connectivity index (χ1v) is 3.29. The fourth-order valence-corrected chi connectivity index (χ4v) is 0.585. The van der Waals surface area contributed by atoms with Crippen LogP contribution >= 0.6 is 0 Å². The normalized spacial score (nSPS) is 20.1. The third-order valence-electron chi connectivity index (χ3n) is 1.75. The Morgan fingerprint density at radius 3 is 2.40 bits per heavy atom. The summed E-state index contributed by atoms with van der Waals surface area (Å²) in [6.07, 6.45) is 0.459. The first-order valence-electron chi connectivity index (χ1n) is 3.29. The summed E-state index contributed by atoms with van der Waals surface area (Å²) >= 11 is 0. The molecule has 2 atom stereocenters. The average molecular weight is 149 g/mol. The highest BCUT2D eigenvalue weighted by Gasteiger charge is 2.26. The molecule has 0 saturated carbocycles. The van der Waals surface area contributed by atoms with Crippen LogP contribution in [0.1, 0.15) is 20.3 Å². The second-order valence-corrected chi connectivity index (χ2v) is 2.67. The van der Waals surface area contributed by atoms with Gasteiger partial charge in [-0.05, 0) is 13.3 Å². The smallest absolute Gasteiger partial charge is 0.137 e. The van der Waals surface area contributed by atoms with Gasteiger partial charge >= 0.3 is 0 Å². The van der Waals surface area contributed by atoms with Crippen molar-refractivity contribution in [2.24, 2.45) is 5.92 Å². The number of aliphatic hydroxyl groups excluding tert-OH is 1. The van der Waals surface area contributed by atoms with Gasteiger partial charge < -0.3 is 15.4 Å². The molecule has 4 N–H and O–H groups in total. The van der Waals surface area contributed by atoms with Crippen LogP contribution in [0, 0.1) is 5.92 Å². The molecule has 0 aromatic carbocycles. The minimum atomic E-state index is -1.30. The lowest BCUT2D eigenvalue weighted by Crippen LogP contribution is -2.46. The van der Waals surface area contributed by atoms with Gasteiger partial charge in [-0.25, -0.2) is 0 Å². The van der Waals surface area contributed by atoms with Crippen molar-refractivity contribution in [3.05, 3.63) is 0 Å². The maximum absolute atomic E-state index is 9.25. The van der Waals surface area contributed by atoms with E-state index in [9.17, 15) is 5.11 Å². The summed E-state index contributed by atoms with van der Waals surface area (Å²) in [5.41, 5.74) is 0.467. The molecule has 0 radical (unpaired) electrons. The van der Waals surface area contributed by atoms with Crippen LogP contribution in [0.4, 0.5) is 0 Å². The molecule has 0 fully saturated rings. The van der Waals surface area contributed by atoms with Crippen molar-refractivity contribution in [1.82, 2.24) is 5.48 Å². The van der Waals surface area contributed by atoms with Crippen molar-refractivity contribution in [3.63, 3.8) is 0 Å². The monoisotopic (exact) mass is 149 g/mol. The fraction of sp³-hybridized carbons (Fsp3) is 1.00. The van der Waals surface area contributed by atoms with Gasteiger partial charge in [-0.2, -0.15) is 5.48 Å². The molecule has 0 aromatic rings. The zero-order valence-corrected chi connectivity index (χ0v) is 6.33. The van der Waals surface area contributed by atoms with Gasteiger partial charge in [0, 0.05) is 12.5 Å². The van der Waals surface area contributed by atoms with Crippen LogP contribution < -0.4 is 5.48 Å². The van der Waals surface area contributed by atoms with E-state index >= 15 is 0 Å². The van der Waals surface area contributed by atoms with Gasteiger partial charge in [0.2, 0.25) is 0 Å². The predicted molar refractivity (Wildman–Crippen MR) is 36.4 cm³/mol. The molecule has 0 saturated heterocycles. The highest BCUT2D eigenvalue weighted by atomic mass is 16.5. The quantitative estimate of drug-likeness (QED) is 0.327. The van der Waals surface area contributed by atoms with Gasteiger partial charge in [0.25, 0.3) is 0 Å². The van der Waals surface area contributed by atoms with E-state index in [1.54, 1.807) is 12.4 Å². The second-order valence-electron chi connectivity index (χ2n) is 2.67. The Morgan fingerprint density at radius 2 is 2.10 bits per heavy atom. The van der Waals surface area contributed by atoms with E-state index in [0.717, 1.165) is 0 Å². The number of aliphatic hydroxyl groups is 2. The van der Waals surface area contributed by atoms with E-state index in [2.05, 4.69) is 0 Å². The molecule has 0 spiro atoms. The minimum Gasteiger partial charge on any atom is -0.396 e. The summed E-state index contributed by atoms with van der Waals surface area (Å²) in [5, 5.41) is 26.1. The molecule has 0 aliphatic heterocycles. The van der Waals surface area contributed by atoms with Crippen LogP contribution in [-0.4, -0.2) is 27.8 Å². The van der Waals surface area contributed by atoms with Gasteiger partial charge in [-0.15, -0.1) is 0 Å². The summed E-state index contributed by atoms with van der Waals surface area (Å²) in [6, 6.07) is 0. The SMILES string of the molecule is CC(CCO)C(C)(O)NO. The largest absolute Gasteiger partial charge is 0.396 e. The number of hydrogen-bond acceptors (Lipinski definition) is 4. The zero-order valence-electron chi connectivity index (χ0n) is 6.33. The van der Waals surface area contributed by atoms with Crippen molar-refractivity contribution in [1.29, 1.82) is 0 Å². The molecule has 62 valence electrons. The topological polar surface area (TPSA) is 72.7 Å². The van der Waals surface area contributed by atoms with Gasteiger partial charge in [0.15, 0.2) is 0 Å². The Morgan fingerprint density at radius 1 is 1.60 bits per heavy atom. The zero-order chi connectivity index (χ0) is 8.20. The Labute approximate surface area is 60.5 Å². The van der Waals surface area contributed by atoms with Crippen molar-refractivity contribution in [2.75, 3.05) is 6.61 Å². The highest BCUT2D eigenvalue weighted by Crippen LogP contribution is 2.15. The Hall–Kier alpha value is -0.160. The molecular weight excluding hydrogens is 134 g/mol. The van der Waals surface area contributed by atoms with E-state index in [-0.39, 0.29) is 12.5 Å². The Balaban J connectivity index is 3.78. The summed E-state index contributed by atoms with van der Waals surface area (Å²) in [7, 11) is 0. The van der Waals surface area contributed by atoms with Crippen molar-refractivity contribution in [2.45, 2.75) is 26.0 Å². The van der Waals surface area contributed by atoms with Gasteiger partial charge in [0.1, 0.15) is 5.72 Å². The summed E-state index contributed by atoms with van der Waals surface area (Å²) in [6.45, 7) is 3.20. The van der Waals surface area contributed by atoms with E-state index < -0.39 is 5.72 Å². The second kappa shape index (κ2) is 3.88. The fourth-order valence-electron chi connectivity index (χ4n) is 0.585. The first-order chi connectivity index (χ1) is 4.54. The van der Waals surface area contributed by atoms with E-state index in [4.69, 9.17) is 10.3 Å². The number of hydroxylamine groups is 1. The molecule has 0 amide bonds. The van der Waals surface area contributed by atoms with Crippen LogP contribution in [0.2, 0.25) is 0 Å². The van der Waals surface area contributed by atoms with Gasteiger partial charge in [-0.3, -0.25) is 0 Å². The van der Waals surface area contributed by atoms with Crippen LogP contribution in [0.5, 0.6) is 0 Å². The average Bonchev–Trinajstić information content (AvgIpc) is 1.89. The molecule has 4 nitrogen and oxygen atoms in total. The van der Waals surface area contributed by atoms with Gasteiger partial charge in [0.05, 0.1) is 0 Å². The third kappa shape index (κ3) is 2.62. The molecule has 0 aromatic heterocycles. The number of nitrogens with one attached hydrogen (secondary N) is 1. The van der Waals surface area contributed by atoms with Crippen LogP contribution in [0.3, 0.4) is 0 Å². The van der Waals surface area contributed by atoms with Crippen molar-refractivity contribution in [3.8, 4) is 0 Å².